The van der Waals surface area contributed by atoms with Crippen LogP contribution in [-0.4, -0.2) is 51.0 Å². The van der Waals surface area contributed by atoms with Crippen molar-refractivity contribution in [2.45, 2.75) is 38.6 Å². The first-order chi connectivity index (χ1) is 11.6. The van der Waals surface area contributed by atoms with Crippen molar-refractivity contribution in [3.63, 3.8) is 0 Å². The molecule has 1 aromatic carbocycles. The second kappa shape index (κ2) is 7.44. The van der Waals surface area contributed by atoms with Crippen molar-refractivity contribution >= 4 is 6.03 Å². The van der Waals surface area contributed by atoms with Gasteiger partial charge < -0.3 is 15.0 Å². The van der Waals surface area contributed by atoms with Gasteiger partial charge in [-0.1, -0.05) is 30.3 Å². The van der Waals surface area contributed by atoms with E-state index in [1.165, 1.54) is 6.33 Å². The zero-order chi connectivity index (χ0) is 16.9. The average molecular weight is 329 g/mol. The summed E-state index contributed by atoms with van der Waals surface area (Å²) >= 11 is 0. The van der Waals surface area contributed by atoms with Crippen molar-refractivity contribution < 1.29 is 9.53 Å². The zero-order valence-corrected chi connectivity index (χ0v) is 14.0. The van der Waals surface area contributed by atoms with Crippen molar-refractivity contribution in [1.82, 2.24) is 25.0 Å². The molecule has 1 N–H and O–H groups in total. The molecule has 2 heterocycles. The average Bonchev–Trinajstić information content (AvgIpc) is 3.10. The third kappa shape index (κ3) is 3.73. The first-order valence-corrected chi connectivity index (χ1v) is 8.21. The molecule has 1 aromatic heterocycles. The van der Waals surface area contributed by atoms with Crippen LogP contribution >= 0.6 is 0 Å². The first kappa shape index (κ1) is 16.4. The standard InChI is InChI=1S/C17H23N5O2/c1-13-14(2)24-9-8-22(13)17(23)20-16(10-21-12-18-11-19-21)15-6-4-3-5-7-15/h3-7,11-14,16H,8-10H2,1-2H3,(H,20,23)/t13-,14+,16-/m1/s1. The summed E-state index contributed by atoms with van der Waals surface area (Å²) in [7, 11) is 0. The summed E-state index contributed by atoms with van der Waals surface area (Å²) in [6.45, 7) is 5.71. The van der Waals surface area contributed by atoms with E-state index in [9.17, 15) is 4.79 Å². The molecule has 0 radical (unpaired) electrons. The third-order valence-corrected chi connectivity index (χ3v) is 4.48. The molecule has 7 heteroatoms. The van der Waals surface area contributed by atoms with Gasteiger partial charge in [0.05, 0.1) is 31.3 Å². The Labute approximate surface area is 141 Å². The molecule has 7 nitrogen and oxygen atoms in total. The van der Waals surface area contributed by atoms with Gasteiger partial charge in [0.15, 0.2) is 0 Å². The predicted molar refractivity (Wildman–Crippen MR) is 89.3 cm³/mol. The molecule has 0 aliphatic carbocycles. The largest absolute Gasteiger partial charge is 0.375 e. The lowest BCUT2D eigenvalue weighted by Gasteiger charge is -2.38. The van der Waals surface area contributed by atoms with Crippen LogP contribution in [0.3, 0.4) is 0 Å². The van der Waals surface area contributed by atoms with E-state index in [2.05, 4.69) is 15.4 Å². The number of benzene rings is 1. The van der Waals surface area contributed by atoms with Crippen LogP contribution in [0.2, 0.25) is 0 Å². The fraction of sp³-hybridized carbons (Fsp3) is 0.471. The molecular weight excluding hydrogens is 306 g/mol. The van der Waals surface area contributed by atoms with Crippen molar-refractivity contribution in [3.8, 4) is 0 Å². The Bertz CT molecular complexity index is 646. The number of ether oxygens (including phenoxy) is 1. The molecule has 0 spiro atoms. The zero-order valence-electron chi connectivity index (χ0n) is 14.0. The lowest BCUT2D eigenvalue weighted by atomic mass is 10.1. The van der Waals surface area contributed by atoms with E-state index in [1.54, 1.807) is 11.0 Å². The van der Waals surface area contributed by atoms with Crippen molar-refractivity contribution in [2.24, 2.45) is 0 Å². The number of amides is 2. The van der Waals surface area contributed by atoms with Crippen LogP contribution in [0.1, 0.15) is 25.5 Å². The highest BCUT2D eigenvalue weighted by Gasteiger charge is 2.30. The van der Waals surface area contributed by atoms with E-state index in [0.29, 0.717) is 19.7 Å². The molecule has 0 saturated carbocycles. The summed E-state index contributed by atoms with van der Waals surface area (Å²) < 4.78 is 7.33. The Balaban J connectivity index is 1.74. The molecule has 1 aliphatic rings. The van der Waals surface area contributed by atoms with Gasteiger partial charge >= 0.3 is 6.03 Å². The van der Waals surface area contributed by atoms with Gasteiger partial charge in [0, 0.05) is 6.54 Å². The van der Waals surface area contributed by atoms with E-state index in [0.717, 1.165) is 5.56 Å². The predicted octanol–water partition coefficient (Wildman–Crippen LogP) is 1.84. The molecule has 1 aliphatic heterocycles. The quantitative estimate of drug-likeness (QED) is 0.929. The Morgan fingerprint density at radius 2 is 2.17 bits per heavy atom. The Hall–Kier alpha value is -2.41. The number of hydrogen-bond donors (Lipinski definition) is 1. The summed E-state index contributed by atoms with van der Waals surface area (Å²) in [6, 6.07) is 9.70. The molecule has 1 fully saturated rings. The van der Waals surface area contributed by atoms with Gasteiger partial charge in [0.1, 0.15) is 12.7 Å². The fourth-order valence-electron chi connectivity index (χ4n) is 2.89. The minimum Gasteiger partial charge on any atom is -0.375 e. The van der Waals surface area contributed by atoms with Crippen LogP contribution in [0, 0.1) is 0 Å². The van der Waals surface area contributed by atoms with Gasteiger partial charge in [0.25, 0.3) is 0 Å². The molecule has 24 heavy (non-hydrogen) atoms. The highest BCUT2D eigenvalue weighted by atomic mass is 16.5. The maximum absolute atomic E-state index is 12.8. The van der Waals surface area contributed by atoms with Crippen LogP contribution in [0.15, 0.2) is 43.0 Å². The maximum atomic E-state index is 12.8. The maximum Gasteiger partial charge on any atom is 0.318 e. The number of rotatable bonds is 4. The van der Waals surface area contributed by atoms with Gasteiger partial charge in [-0.05, 0) is 19.4 Å². The number of hydrogen-bond acceptors (Lipinski definition) is 4. The summed E-state index contributed by atoms with van der Waals surface area (Å²) in [5.41, 5.74) is 1.04. The first-order valence-electron chi connectivity index (χ1n) is 8.21. The van der Waals surface area contributed by atoms with E-state index in [1.807, 2.05) is 49.1 Å². The van der Waals surface area contributed by atoms with Crippen LogP contribution in [-0.2, 0) is 11.3 Å². The van der Waals surface area contributed by atoms with Crippen LogP contribution < -0.4 is 5.32 Å². The summed E-state index contributed by atoms with van der Waals surface area (Å²) in [5, 5.41) is 7.28. The summed E-state index contributed by atoms with van der Waals surface area (Å²) in [4.78, 5) is 18.6. The van der Waals surface area contributed by atoms with Gasteiger partial charge in [-0.25, -0.2) is 9.78 Å². The molecule has 128 valence electrons. The topological polar surface area (TPSA) is 72.3 Å². The number of urea groups is 1. The van der Waals surface area contributed by atoms with Gasteiger partial charge in [-0.3, -0.25) is 4.68 Å². The number of nitrogens with one attached hydrogen (secondary N) is 1. The summed E-state index contributed by atoms with van der Waals surface area (Å²) in [6.07, 6.45) is 3.19. The molecule has 0 bridgehead atoms. The van der Waals surface area contributed by atoms with Crippen molar-refractivity contribution in [2.75, 3.05) is 13.2 Å². The van der Waals surface area contributed by atoms with Gasteiger partial charge in [0.2, 0.25) is 0 Å². The molecule has 2 aromatic rings. The molecule has 2 amide bonds. The Morgan fingerprint density at radius 1 is 1.38 bits per heavy atom. The highest BCUT2D eigenvalue weighted by molar-refractivity contribution is 5.75. The summed E-state index contributed by atoms with van der Waals surface area (Å²) in [5.74, 6) is 0. The van der Waals surface area contributed by atoms with Crippen LogP contribution in [0.4, 0.5) is 4.79 Å². The van der Waals surface area contributed by atoms with Crippen LogP contribution in [0.5, 0.6) is 0 Å². The van der Waals surface area contributed by atoms with Crippen molar-refractivity contribution in [3.05, 3.63) is 48.5 Å². The lowest BCUT2D eigenvalue weighted by molar-refractivity contribution is -0.0380. The molecule has 0 unspecified atom stereocenters. The molecule has 1 saturated heterocycles. The number of aromatic nitrogens is 3. The number of morpholine rings is 1. The Kier molecular flexibility index (Phi) is 5.10. The lowest BCUT2D eigenvalue weighted by Crippen LogP contribution is -2.55. The fourth-order valence-corrected chi connectivity index (χ4v) is 2.89. The van der Waals surface area contributed by atoms with E-state index in [-0.39, 0.29) is 24.2 Å². The molecule has 3 atom stereocenters. The minimum atomic E-state index is -0.175. The second-order valence-corrected chi connectivity index (χ2v) is 6.04. The minimum absolute atomic E-state index is 0.0370. The smallest absolute Gasteiger partial charge is 0.318 e. The number of carbonyl (C=O) groups excluding carboxylic acids is 1. The van der Waals surface area contributed by atoms with Crippen molar-refractivity contribution in [1.29, 1.82) is 0 Å². The molecule has 3 rings (SSSR count). The SMILES string of the molecule is C[C@@H]1OCCN(C(=O)N[C@H](Cn2cncn2)c2ccccc2)[C@@H]1C. The van der Waals surface area contributed by atoms with E-state index >= 15 is 0 Å². The normalized spacial score (nSPS) is 22.2. The third-order valence-electron chi connectivity index (χ3n) is 4.48. The molecular formula is C17H23N5O2. The van der Waals surface area contributed by atoms with E-state index < -0.39 is 0 Å². The monoisotopic (exact) mass is 329 g/mol. The highest BCUT2D eigenvalue weighted by Crippen LogP contribution is 2.18. The Morgan fingerprint density at radius 3 is 2.88 bits per heavy atom. The van der Waals surface area contributed by atoms with E-state index in [4.69, 9.17) is 4.74 Å². The van der Waals surface area contributed by atoms with Gasteiger partial charge in [-0.2, -0.15) is 5.10 Å². The number of nitrogens with zero attached hydrogens (tertiary/aromatic N) is 4. The second-order valence-electron chi connectivity index (χ2n) is 6.04. The van der Waals surface area contributed by atoms with Gasteiger partial charge in [-0.15, -0.1) is 0 Å². The van der Waals surface area contributed by atoms with Crippen LogP contribution in [0.25, 0.3) is 0 Å². The number of carbonyl (C=O) groups is 1.